The molecule has 0 bridgehead atoms. The fourth-order valence-electron chi connectivity index (χ4n) is 3.98. The van der Waals surface area contributed by atoms with Gasteiger partial charge in [0.1, 0.15) is 11.9 Å². The SMILES string of the molecule is O[C@@H](CN1CCC(Oc2ccc(Cl)c(Cl)c2)CC1)CN1C=CC=CC1c1cccs1. The Hall–Kier alpha value is -1.50. The van der Waals surface area contributed by atoms with Crippen molar-refractivity contribution in [3.63, 3.8) is 0 Å². The van der Waals surface area contributed by atoms with Crippen LogP contribution in [0.1, 0.15) is 23.8 Å². The smallest absolute Gasteiger partial charge is 0.121 e. The molecule has 2 aromatic rings. The van der Waals surface area contributed by atoms with Crippen LogP contribution in [-0.4, -0.2) is 53.3 Å². The summed E-state index contributed by atoms with van der Waals surface area (Å²) >= 11 is 13.8. The van der Waals surface area contributed by atoms with E-state index >= 15 is 0 Å². The number of aliphatic hydroxyl groups excluding tert-OH is 1. The number of rotatable bonds is 7. The van der Waals surface area contributed by atoms with Crippen LogP contribution in [0.4, 0.5) is 0 Å². The van der Waals surface area contributed by atoms with E-state index in [2.05, 4.69) is 45.7 Å². The minimum Gasteiger partial charge on any atom is -0.490 e. The number of allylic oxidation sites excluding steroid dienone is 2. The van der Waals surface area contributed by atoms with Crippen LogP contribution >= 0.6 is 34.5 Å². The molecule has 1 fully saturated rings. The van der Waals surface area contributed by atoms with Gasteiger partial charge >= 0.3 is 0 Å². The second-order valence-electron chi connectivity index (χ2n) is 7.73. The Morgan fingerprint density at radius 3 is 2.67 bits per heavy atom. The third-order valence-corrected chi connectivity index (χ3v) is 7.17. The maximum Gasteiger partial charge on any atom is 0.121 e. The van der Waals surface area contributed by atoms with Gasteiger partial charge in [0.05, 0.1) is 22.2 Å². The molecule has 30 heavy (non-hydrogen) atoms. The molecule has 1 aromatic carbocycles. The molecule has 2 aliphatic rings. The van der Waals surface area contributed by atoms with E-state index in [0.717, 1.165) is 31.7 Å². The first-order chi connectivity index (χ1) is 14.6. The molecule has 3 heterocycles. The molecule has 1 aromatic heterocycles. The Bertz CT molecular complexity index is 879. The van der Waals surface area contributed by atoms with Gasteiger partial charge in [-0.3, -0.25) is 0 Å². The highest BCUT2D eigenvalue weighted by Crippen LogP contribution is 2.30. The minimum atomic E-state index is -0.406. The summed E-state index contributed by atoms with van der Waals surface area (Å²) < 4.78 is 6.07. The monoisotopic (exact) mass is 464 g/mol. The van der Waals surface area contributed by atoms with Crippen molar-refractivity contribution < 1.29 is 9.84 Å². The van der Waals surface area contributed by atoms with Crippen LogP contribution in [0.3, 0.4) is 0 Å². The van der Waals surface area contributed by atoms with Gasteiger partial charge in [-0.1, -0.05) is 41.4 Å². The average molecular weight is 465 g/mol. The van der Waals surface area contributed by atoms with Gasteiger partial charge in [-0.15, -0.1) is 11.3 Å². The van der Waals surface area contributed by atoms with E-state index in [1.165, 1.54) is 4.88 Å². The molecule has 4 nitrogen and oxygen atoms in total. The lowest BCUT2D eigenvalue weighted by atomic mass is 10.1. The van der Waals surface area contributed by atoms with Crippen molar-refractivity contribution in [2.24, 2.45) is 0 Å². The zero-order chi connectivity index (χ0) is 20.9. The molecule has 0 saturated carbocycles. The van der Waals surface area contributed by atoms with Crippen molar-refractivity contribution in [2.75, 3.05) is 26.2 Å². The van der Waals surface area contributed by atoms with Crippen LogP contribution in [-0.2, 0) is 0 Å². The third kappa shape index (κ3) is 5.59. The predicted molar refractivity (Wildman–Crippen MR) is 125 cm³/mol. The molecule has 4 rings (SSSR count). The first-order valence-electron chi connectivity index (χ1n) is 10.2. The minimum absolute atomic E-state index is 0.161. The van der Waals surface area contributed by atoms with Gasteiger partial charge in [0.25, 0.3) is 0 Å². The molecule has 0 spiro atoms. The number of likely N-dealkylation sites (tertiary alicyclic amines) is 1. The van der Waals surface area contributed by atoms with Crippen molar-refractivity contribution in [1.29, 1.82) is 0 Å². The van der Waals surface area contributed by atoms with Crippen molar-refractivity contribution in [2.45, 2.75) is 31.1 Å². The number of nitrogens with zero attached hydrogens (tertiary/aromatic N) is 2. The second kappa shape index (κ2) is 10.2. The Morgan fingerprint density at radius 1 is 1.10 bits per heavy atom. The number of β-amino-alcohol motifs (C(OH)–C–C–N with tert-alkyl or cyclic N) is 1. The van der Waals surface area contributed by atoms with Crippen molar-refractivity contribution in [3.05, 3.63) is 75.1 Å². The summed E-state index contributed by atoms with van der Waals surface area (Å²) in [7, 11) is 0. The number of benzene rings is 1. The summed E-state index contributed by atoms with van der Waals surface area (Å²) in [6.45, 7) is 3.11. The van der Waals surface area contributed by atoms with Gasteiger partial charge in [-0.25, -0.2) is 0 Å². The number of aliphatic hydroxyl groups is 1. The Balaban J connectivity index is 1.24. The van der Waals surface area contributed by atoms with Gasteiger partial charge < -0.3 is 19.6 Å². The predicted octanol–water partition coefficient (Wildman–Crippen LogP) is 5.39. The number of halogens is 2. The van der Waals surface area contributed by atoms with E-state index in [1.807, 2.05) is 12.1 Å². The number of hydrogen-bond donors (Lipinski definition) is 1. The number of thiophene rings is 1. The van der Waals surface area contributed by atoms with Crippen LogP contribution in [0.15, 0.2) is 60.1 Å². The maximum absolute atomic E-state index is 10.7. The summed E-state index contributed by atoms with van der Waals surface area (Å²) in [6.07, 6.45) is 9.98. The van der Waals surface area contributed by atoms with Crippen LogP contribution in [0, 0.1) is 0 Å². The molecule has 7 heteroatoms. The molecular formula is C23H26Cl2N2O2S. The molecule has 160 valence electrons. The number of hydrogen-bond acceptors (Lipinski definition) is 5. The third-order valence-electron chi connectivity index (χ3n) is 5.49. The first kappa shape index (κ1) is 21.7. The quantitative estimate of drug-likeness (QED) is 0.595. The zero-order valence-corrected chi connectivity index (χ0v) is 19.0. The lowest BCUT2D eigenvalue weighted by Gasteiger charge is -2.36. The van der Waals surface area contributed by atoms with Crippen molar-refractivity contribution in [1.82, 2.24) is 9.80 Å². The standard InChI is InChI=1S/C23H26Cl2N2O2S/c24-20-7-6-19(14-21(20)25)29-18-8-11-26(12-9-18)15-17(28)16-27-10-2-1-4-22(27)23-5-3-13-30-23/h1-7,10,13-14,17-18,22,28H,8-9,11-12,15-16H2/t17-,22?/m0/s1. The van der Waals surface area contributed by atoms with Crippen LogP contribution in [0.2, 0.25) is 10.0 Å². The van der Waals surface area contributed by atoms with Gasteiger partial charge in [0, 0.05) is 43.3 Å². The highest BCUT2D eigenvalue weighted by atomic mass is 35.5. The molecule has 2 atom stereocenters. The normalized spacial score (nSPS) is 21.2. The van der Waals surface area contributed by atoms with Crippen LogP contribution < -0.4 is 4.74 Å². The van der Waals surface area contributed by atoms with E-state index in [1.54, 1.807) is 23.5 Å². The summed E-state index contributed by atoms with van der Waals surface area (Å²) in [5.74, 6) is 0.757. The summed E-state index contributed by atoms with van der Waals surface area (Å²) in [5, 5.41) is 13.9. The van der Waals surface area contributed by atoms with E-state index in [4.69, 9.17) is 27.9 Å². The van der Waals surface area contributed by atoms with Gasteiger partial charge in [0.15, 0.2) is 0 Å². The number of ether oxygens (including phenoxy) is 1. The second-order valence-corrected chi connectivity index (χ2v) is 9.52. The fraction of sp³-hybridized carbons (Fsp3) is 0.391. The summed E-state index contributed by atoms with van der Waals surface area (Å²) in [6, 6.07) is 9.81. The topological polar surface area (TPSA) is 35.9 Å². The largest absolute Gasteiger partial charge is 0.490 e. The average Bonchev–Trinajstić information content (AvgIpc) is 3.27. The molecule has 0 amide bonds. The summed E-state index contributed by atoms with van der Waals surface area (Å²) in [5.41, 5.74) is 0. The van der Waals surface area contributed by atoms with E-state index < -0.39 is 6.10 Å². The van der Waals surface area contributed by atoms with E-state index in [9.17, 15) is 5.11 Å². The highest BCUT2D eigenvalue weighted by molar-refractivity contribution is 7.10. The first-order valence-corrected chi connectivity index (χ1v) is 11.9. The van der Waals surface area contributed by atoms with E-state index in [0.29, 0.717) is 23.1 Å². The molecule has 1 N–H and O–H groups in total. The summed E-state index contributed by atoms with van der Waals surface area (Å²) in [4.78, 5) is 5.84. The maximum atomic E-state index is 10.7. The van der Waals surface area contributed by atoms with Gasteiger partial charge in [-0.2, -0.15) is 0 Å². The molecule has 1 saturated heterocycles. The van der Waals surface area contributed by atoms with Gasteiger partial charge in [-0.05, 0) is 42.5 Å². The Labute approximate surface area is 192 Å². The lowest BCUT2D eigenvalue weighted by molar-refractivity contribution is 0.0476. The van der Waals surface area contributed by atoms with Crippen molar-refractivity contribution in [3.8, 4) is 5.75 Å². The zero-order valence-electron chi connectivity index (χ0n) is 16.7. The van der Waals surface area contributed by atoms with Crippen LogP contribution in [0.5, 0.6) is 5.75 Å². The number of piperidine rings is 1. The molecule has 0 radical (unpaired) electrons. The van der Waals surface area contributed by atoms with Crippen LogP contribution in [0.25, 0.3) is 0 Å². The molecular weight excluding hydrogens is 439 g/mol. The van der Waals surface area contributed by atoms with E-state index in [-0.39, 0.29) is 12.1 Å². The molecule has 1 unspecified atom stereocenters. The van der Waals surface area contributed by atoms with Crippen molar-refractivity contribution >= 4 is 34.5 Å². The van der Waals surface area contributed by atoms with Gasteiger partial charge in [0.2, 0.25) is 0 Å². The Morgan fingerprint density at radius 2 is 1.93 bits per heavy atom. The molecule has 0 aliphatic carbocycles. The lowest BCUT2D eigenvalue weighted by Crippen LogP contribution is -2.44. The Kier molecular flexibility index (Phi) is 7.39. The highest BCUT2D eigenvalue weighted by Gasteiger charge is 2.25. The fourth-order valence-corrected chi connectivity index (χ4v) is 5.09. The molecule has 2 aliphatic heterocycles.